The molecule has 0 spiro atoms. The van der Waals surface area contributed by atoms with Crippen LogP contribution in [0, 0.1) is 0 Å². The molecule has 6 heteroatoms. The van der Waals surface area contributed by atoms with Crippen LogP contribution in [-0.4, -0.2) is 12.8 Å². The van der Waals surface area contributed by atoms with Crippen LogP contribution < -0.4 is 0 Å². The number of allylic oxidation sites excluding steroid dienone is 1. The Balaban J connectivity index is 4.26. The normalized spacial score (nSPS) is 14.2. The molecule has 0 saturated heterocycles. The Labute approximate surface area is 65.8 Å². The Morgan fingerprint density at radius 3 is 2.08 bits per heavy atom. The summed E-state index contributed by atoms with van der Waals surface area (Å²) in [6.45, 7) is 1.27. The predicted octanol–water partition coefficient (Wildman–Crippen LogP) is 3.08. The molecule has 0 unspecified atom stereocenters. The topological polar surface area (TPSA) is 9.23 Å². The summed E-state index contributed by atoms with van der Waals surface area (Å²) in [5.41, 5.74) is 0. The van der Waals surface area contributed by atoms with Gasteiger partial charge in [-0.25, -0.2) is 0 Å². The monoisotopic (exact) mass is 190 g/mol. The Bertz CT molecular complexity index is 171. The highest BCUT2D eigenvalue weighted by Crippen LogP contribution is 2.29. The van der Waals surface area contributed by atoms with Crippen LogP contribution in [-0.2, 0) is 4.74 Å². The molecule has 0 saturated carbocycles. The Hall–Kier alpha value is -0.810. The maximum Gasteiger partial charge on any atom is 0.449 e. The van der Waals surface area contributed by atoms with Crippen LogP contribution in [0.3, 0.4) is 0 Å². The molecule has 0 aromatic rings. The van der Waals surface area contributed by atoms with Crippen LogP contribution in [0.5, 0.6) is 0 Å². The van der Waals surface area contributed by atoms with E-state index in [0.717, 1.165) is 0 Å². The fraction of sp³-hybridized carbons (Fsp3) is 0.667. The molecule has 72 valence electrons. The van der Waals surface area contributed by atoms with E-state index in [0.29, 0.717) is 6.42 Å². The SMILES string of the molecule is CCCOC(F)=C(F)C(F)(F)F. The van der Waals surface area contributed by atoms with Gasteiger partial charge in [-0.3, -0.25) is 0 Å². The van der Waals surface area contributed by atoms with Crippen LogP contribution in [0.1, 0.15) is 13.3 Å². The van der Waals surface area contributed by atoms with Crippen molar-refractivity contribution >= 4 is 0 Å². The van der Waals surface area contributed by atoms with Crippen molar-refractivity contribution in [3.8, 4) is 0 Å². The summed E-state index contributed by atoms with van der Waals surface area (Å²) in [5, 5.41) is 0. The van der Waals surface area contributed by atoms with E-state index < -0.39 is 18.0 Å². The molecule has 0 aliphatic carbocycles. The van der Waals surface area contributed by atoms with Gasteiger partial charge in [-0.15, -0.1) is 0 Å². The lowest BCUT2D eigenvalue weighted by atomic mass is 10.5. The van der Waals surface area contributed by atoms with Gasteiger partial charge in [0.05, 0.1) is 6.61 Å². The predicted molar refractivity (Wildman–Crippen MR) is 31.5 cm³/mol. The van der Waals surface area contributed by atoms with Crippen LogP contribution in [0.15, 0.2) is 11.8 Å². The Morgan fingerprint density at radius 1 is 1.25 bits per heavy atom. The van der Waals surface area contributed by atoms with E-state index >= 15 is 0 Å². The van der Waals surface area contributed by atoms with Crippen LogP contribution in [0.25, 0.3) is 0 Å². The molecule has 0 aliphatic rings. The van der Waals surface area contributed by atoms with E-state index in [1.807, 2.05) is 0 Å². The number of halogens is 5. The van der Waals surface area contributed by atoms with E-state index in [4.69, 9.17) is 0 Å². The first-order chi connectivity index (χ1) is 5.39. The minimum absolute atomic E-state index is 0.282. The van der Waals surface area contributed by atoms with Gasteiger partial charge < -0.3 is 4.74 Å². The summed E-state index contributed by atoms with van der Waals surface area (Å²) < 4.78 is 61.8. The Kier molecular flexibility index (Phi) is 3.99. The van der Waals surface area contributed by atoms with E-state index in [-0.39, 0.29) is 6.61 Å². The van der Waals surface area contributed by atoms with Gasteiger partial charge in [0.15, 0.2) is 0 Å². The molecule has 12 heavy (non-hydrogen) atoms. The van der Waals surface area contributed by atoms with Crippen LogP contribution in [0.2, 0.25) is 0 Å². The zero-order valence-electron chi connectivity index (χ0n) is 6.21. The Morgan fingerprint density at radius 2 is 1.75 bits per heavy atom. The largest absolute Gasteiger partial charge is 0.469 e. The maximum atomic E-state index is 12.0. The molecule has 0 aliphatic heterocycles. The third kappa shape index (κ3) is 3.54. The molecule has 0 radical (unpaired) electrons. The molecule has 0 N–H and O–H groups in total. The van der Waals surface area contributed by atoms with Crippen molar-refractivity contribution in [2.75, 3.05) is 6.61 Å². The summed E-state index contributed by atoms with van der Waals surface area (Å²) in [4.78, 5) is 0. The lowest BCUT2D eigenvalue weighted by molar-refractivity contribution is -0.116. The summed E-state index contributed by atoms with van der Waals surface area (Å²) in [6.07, 6.45) is -5.00. The average Bonchev–Trinajstić information content (AvgIpc) is 1.97. The van der Waals surface area contributed by atoms with E-state index in [1.165, 1.54) is 0 Å². The van der Waals surface area contributed by atoms with Gasteiger partial charge in [0.2, 0.25) is 0 Å². The second-order valence-electron chi connectivity index (χ2n) is 1.93. The lowest BCUT2D eigenvalue weighted by Crippen LogP contribution is -2.10. The molecule has 0 atom stereocenters. The molecule has 0 bridgehead atoms. The summed E-state index contributed by atoms with van der Waals surface area (Å²) in [6, 6.07) is -2.20. The van der Waals surface area contributed by atoms with E-state index in [1.54, 1.807) is 6.92 Å². The van der Waals surface area contributed by atoms with Gasteiger partial charge in [0.25, 0.3) is 5.83 Å². The maximum absolute atomic E-state index is 12.0. The van der Waals surface area contributed by atoms with Crippen molar-refractivity contribution in [3.63, 3.8) is 0 Å². The molecular formula is C6H7F5O. The van der Waals surface area contributed by atoms with Gasteiger partial charge >= 0.3 is 12.2 Å². The summed E-state index contributed by atoms with van der Waals surface area (Å²) >= 11 is 0. The molecule has 0 amide bonds. The first-order valence-corrected chi connectivity index (χ1v) is 3.14. The number of hydrogen-bond donors (Lipinski definition) is 0. The van der Waals surface area contributed by atoms with Gasteiger partial charge in [-0.2, -0.15) is 22.0 Å². The molecular weight excluding hydrogens is 183 g/mol. The zero-order valence-corrected chi connectivity index (χ0v) is 6.21. The van der Waals surface area contributed by atoms with Crippen molar-refractivity contribution in [1.29, 1.82) is 0 Å². The summed E-state index contributed by atoms with van der Waals surface area (Å²) in [7, 11) is 0. The minimum atomic E-state index is -5.31. The van der Waals surface area contributed by atoms with Crippen LogP contribution in [0.4, 0.5) is 22.0 Å². The van der Waals surface area contributed by atoms with Crippen molar-refractivity contribution in [1.82, 2.24) is 0 Å². The third-order valence-electron chi connectivity index (χ3n) is 0.854. The van der Waals surface area contributed by atoms with Gasteiger partial charge in [-0.05, 0) is 6.42 Å². The van der Waals surface area contributed by atoms with Gasteiger partial charge in [0, 0.05) is 0 Å². The molecule has 0 fully saturated rings. The highest BCUT2D eigenvalue weighted by atomic mass is 19.4. The summed E-state index contributed by atoms with van der Waals surface area (Å²) in [5.74, 6) is -2.82. The smallest absolute Gasteiger partial charge is 0.449 e. The molecule has 1 nitrogen and oxygen atoms in total. The second kappa shape index (κ2) is 4.27. The highest BCUT2D eigenvalue weighted by Gasteiger charge is 2.39. The molecule has 0 aromatic heterocycles. The molecule has 0 heterocycles. The fourth-order valence-corrected chi connectivity index (χ4v) is 0.366. The molecule has 0 aromatic carbocycles. The number of rotatable bonds is 3. The quantitative estimate of drug-likeness (QED) is 0.490. The molecule has 0 rings (SSSR count). The average molecular weight is 190 g/mol. The van der Waals surface area contributed by atoms with Gasteiger partial charge in [0.1, 0.15) is 0 Å². The van der Waals surface area contributed by atoms with Crippen molar-refractivity contribution in [2.45, 2.75) is 19.5 Å². The number of hydrogen-bond acceptors (Lipinski definition) is 1. The second-order valence-corrected chi connectivity index (χ2v) is 1.93. The lowest BCUT2D eigenvalue weighted by Gasteiger charge is -2.05. The van der Waals surface area contributed by atoms with E-state index in [9.17, 15) is 22.0 Å². The van der Waals surface area contributed by atoms with Crippen molar-refractivity contribution in [3.05, 3.63) is 11.8 Å². The zero-order chi connectivity index (χ0) is 9.78. The number of alkyl halides is 3. The first-order valence-electron chi connectivity index (χ1n) is 3.14. The highest BCUT2D eigenvalue weighted by molar-refractivity contribution is 4.99. The third-order valence-corrected chi connectivity index (χ3v) is 0.854. The minimum Gasteiger partial charge on any atom is -0.469 e. The van der Waals surface area contributed by atoms with Crippen molar-refractivity contribution in [2.24, 2.45) is 0 Å². The van der Waals surface area contributed by atoms with Crippen molar-refractivity contribution < 1.29 is 26.7 Å². The fourth-order valence-electron chi connectivity index (χ4n) is 0.366. The number of ether oxygens (including phenoxy) is 1. The van der Waals surface area contributed by atoms with E-state index in [2.05, 4.69) is 4.74 Å². The van der Waals surface area contributed by atoms with Crippen LogP contribution >= 0.6 is 0 Å². The first kappa shape index (κ1) is 11.2. The van der Waals surface area contributed by atoms with Gasteiger partial charge in [-0.1, -0.05) is 6.92 Å². The standard InChI is InChI=1S/C6H7F5O/c1-2-3-12-5(8)4(7)6(9,10)11/h2-3H2,1H3.